The molecule has 0 bridgehead atoms. The number of ketones is 1. The highest BCUT2D eigenvalue weighted by atomic mass is 16.1. The number of rotatable bonds is 6. The minimum atomic E-state index is 0.288. The average molecular weight is 242 g/mol. The van der Waals surface area contributed by atoms with Crippen LogP contribution >= 0.6 is 0 Å². The van der Waals surface area contributed by atoms with E-state index in [4.69, 9.17) is 0 Å². The Labute approximate surface area is 110 Å². The summed E-state index contributed by atoms with van der Waals surface area (Å²) < 4.78 is 0. The maximum absolute atomic E-state index is 11.8. The normalized spacial score (nSPS) is 19.1. The minimum Gasteiger partial charge on any atom is -0.295 e. The smallest absolute Gasteiger partial charge is 0.159 e. The van der Waals surface area contributed by atoms with E-state index in [0.29, 0.717) is 5.78 Å². The summed E-state index contributed by atoms with van der Waals surface area (Å²) >= 11 is 0. The maximum Gasteiger partial charge on any atom is 0.159 e. The Bertz CT molecular complexity index is 416. The fourth-order valence-electron chi connectivity index (χ4n) is 2.61. The molecule has 0 spiro atoms. The summed E-state index contributed by atoms with van der Waals surface area (Å²) in [6.45, 7) is 2.18. The Balaban J connectivity index is 1.81. The van der Waals surface area contributed by atoms with Crippen LogP contribution < -0.4 is 0 Å². The molecule has 0 saturated carbocycles. The summed E-state index contributed by atoms with van der Waals surface area (Å²) in [5, 5.41) is 0. The van der Waals surface area contributed by atoms with E-state index in [1.807, 2.05) is 12.1 Å². The topological polar surface area (TPSA) is 17.1 Å². The first-order chi connectivity index (χ1) is 8.79. The maximum atomic E-state index is 11.8. The zero-order valence-electron chi connectivity index (χ0n) is 11.2. The van der Waals surface area contributed by atoms with E-state index in [0.717, 1.165) is 25.7 Å². The summed E-state index contributed by atoms with van der Waals surface area (Å²) in [4.78, 5) is 11.8. The number of hydrogen-bond acceptors (Lipinski definition) is 1. The molecule has 1 nitrogen and oxygen atoms in total. The summed E-state index contributed by atoms with van der Waals surface area (Å²) in [5.41, 5.74) is 2.72. The molecule has 2 rings (SSSR count). The molecule has 0 unspecified atom stereocenters. The molecule has 0 heterocycles. The largest absolute Gasteiger partial charge is 0.295 e. The molecule has 0 fully saturated rings. The number of hydrogen-bond donors (Lipinski definition) is 0. The summed E-state index contributed by atoms with van der Waals surface area (Å²) in [6.07, 6.45) is 8.44. The van der Waals surface area contributed by atoms with Crippen molar-refractivity contribution in [2.24, 2.45) is 5.92 Å². The van der Waals surface area contributed by atoms with Crippen molar-refractivity contribution in [3.63, 3.8) is 0 Å². The van der Waals surface area contributed by atoms with Gasteiger partial charge in [0.1, 0.15) is 0 Å². The third-order valence-corrected chi connectivity index (χ3v) is 3.74. The number of benzene rings is 1. The molecule has 96 valence electrons. The third-order valence-electron chi connectivity index (χ3n) is 3.74. The van der Waals surface area contributed by atoms with Crippen LogP contribution in [0.1, 0.15) is 44.6 Å². The molecule has 1 aliphatic carbocycles. The molecule has 0 N–H and O–H groups in total. The highest BCUT2D eigenvalue weighted by Gasteiger charge is 2.24. The standard InChI is InChI=1S/C17H22O/c1-2-3-9-16-12-15(13-17(16)18)11-10-14-7-5-4-6-8-14/h4-8,13,16H,2-3,9-12H2,1H3/t16-/m0/s1. The molecule has 0 radical (unpaired) electrons. The van der Waals surface area contributed by atoms with E-state index in [1.165, 1.54) is 24.0 Å². The van der Waals surface area contributed by atoms with Gasteiger partial charge in [-0.3, -0.25) is 4.79 Å². The molecule has 1 heteroatoms. The predicted molar refractivity (Wildman–Crippen MR) is 75.5 cm³/mol. The van der Waals surface area contributed by atoms with Crippen molar-refractivity contribution in [1.29, 1.82) is 0 Å². The SMILES string of the molecule is CCCC[C@H]1CC(CCc2ccccc2)=CC1=O. The second-order valence-electron chi connectivity index (χ2n) is 5.23. The lowest BCUT2D eigenvalue weighted by Crippen LogP contribution is -2.06. The first kappa shape index (κ1) is 13.1. The van der Waals surface area contributed by atoms with Crippen molar-refractivity contribution < 1.29 is 4.79 Å². The quantitative estimate of drug-likeness (QED) is 0.726. The monoisotopic (exact) mass is 242 g/mol. The molecule has 1 aromatic carbocycles. The zero-order valence-corrected chi connectivity index (χ0v) is 11.2. The summed E-state index contributed by atoms with van der Waals surface area (Å²) in [6, 6.07) is 10.5. The molecule has 1 atom stereocenters. The van der Waals surface area contributed by atoms with Crippen LogP contribution in [-0.4, -0.2) is 5.78 Å². The Morgan fingerprint density at radius 3 is 2.67 bits per heavy atom. The van der Waals surface area contributed by atoms with Gasteiger partial charge in [0.2, 0.25) is 0 Å². The van der Waals surface area contributed by atoms with Gasteiger partial charge in [0.05, 0.1) is 0 Å². The van der Waals surface area contributed by atoms with Gasteiger partial charge >= 0.3 is 0 Å². The number of unbranched alkanes of at least 4 members (excludes halogenated alkanes) is 1. The van der Waals surface area contributed by atoms with E-state index >= 15 is 0 Å². The second-order valence-corrected chi connectivity index (χ2v) is 5.23. The van der Waals surface area contributed by atoms with Gasteiger partial charge < -0.3 is 0 Å². The molecule has 1 aromatic rings. The van der Waals surface area contributed by atoms with E-state index in [1.54, 1.807) is 0 Å². The van der Waals surface area contributed by atoms with Crippen LogP contribution in [0.25, 0.3) is 0 Å². The van der Waals surface area contributed by atoms with Crippen molar-refractivity contribution in [3.05, 3.63) is 47.5 Å². The van der Waals surface area contributed by atoms with Crippen molar-refractivity contribution in [3.8, 4) is 0 Å². The fraction of sp³-hybridized carbons (Fsp3) is 0.471. The summed E-state index contributed by atoms with van der Waals surface area (Å²) in [7, 11) is 0. The van der Waals surface area contributed by atoms with Crippen LogP contribution in [0, 0.1) is 5.92 Å². The summed E-state index contributed by atoms with van der Waals surface area (Å²) in [5.74, 6) is 0.655. The molecule has 18 heavy (non-hydrogen) atoms. The van der Waals surface area contributed by atoms with E-state index in [2.05, 4.69) is 31.2 Å². The van der Waals surface area contributed by atoms with Crippen LogP contribution in [0.3, 0.4) is 0 Å². The molecular weight excluding hydrogens is 220 g/mol. The molecule has 0 aromatic heterocycles. The molecule has 0 saturated heterocycles. The van der Waals surface area contributed by atoms with Gasteiger partial charge in [-0.2, -0.15) is 0 Å². The molecule has 0 amide bonds. The van der Waals surface area contributed by atoms with Crippen molar-refractivity contribution in [1.82, 2.24) is 0 Å². The van der Waals surface area contributed by atoms with Crippen LogP contribution in [-0.2, 0) is 11.2 Å². The molecule has 1 aliphatic rings. The van der Waals surface area contributed by atoms with E-state index < -0.39 is 0 Å². The van der Waals surface area contributed by atoms with E-state index in [-0.39, 0.29) is 5.92 Å². The highest BCUT2D eigenvalue weighted by Crippen LogP contribution is 2.29. The van der Waals surface area contributed by atoms with Gasteiger partial charge in [0.25, 0.3) is 0 Å². The van der Waals surface area contributed by atoms with Crippen LogP contribution in [0.5, 0.6) is 0 Å². The van der Waals surface area contributed by atoms with Gasteiger partial charge in [0.15, 0.2) is 5.78 Å². The second kappa shape index (κ2) is 6.53. The number of carbonyl (C=O) groups excluding carboxylic acids is 1. The zero-order chi connectivity index (χ0) is 12.8. The Morgan fingerprint density at radius 1 is 1.17 bits per heavy atom. The highest BCUT2D eigenvalue weighted by molar-refractivity contribution is 5.95. The fourth-order valence-corrected chi connectivity index (χ4v) is 2.61. The lowest BCUT2D eigenvalue weighted by Gasteiger charge is -2.08. The van der Waals surface area contributed by atoms with E-state index in [9.17, 15) is 4.79 Å². The Morgan fingerprint density at radius 2 is 1.94 bits per heavy atom. The van der Waals surface area contributed by atoms with Crippen LogP contribution in [0.15, 0.2) is 42.0 Å². The van der Waals surface area contributed by atoms with Gasteiger partial charge in [0, 0.05) is 5.92 Å². The van der Waals surface area contributed by atoms with Gasteiger partial charge in [-0.15, -0.1) is 0 Å². The lowest BCUT2D eigenvalue weighted by molar-refractivity contribution is -0.117. The van der Waals surface area contributed by atoms with Gasteiger partial charge in [-0.1, -0.05) is 55.7 Å². The average Bonchev–Trinajstić information content (AvgIpc) is 2.76. The van der Waals surface area contributed by atoms with Crippen LogP contribution in [0.2, 0.25) is 0 Å². The van der Waals surface area contributed by atoms with Gasteiger partial charge in [-0.25, -0.2) is 0 Å². The number of allylic oxidation sites excluding steroid dienone is 2. The van der Waals surface area contributed by atoms with Crippen LogP contribution in [0.4, 0.5) is 0 Å². The Hall–Kier alpha value is -1.37. The first-order valence-electron chi connectivity index (χ1n) is 7.07. The third kappa shape index (κ3) is 3.56. The number of aryl methyl sites for hydroxylation is 1. The van der Waals surface area contributed by atoms with Crippen molar-refractivity contribution >= 4 is 5.78 Å². The molecular formula is C17H22O. The minimum absolute atomic E-state index is 0.288. The van der Waals surface area contributed by atoms with Crippen molar-refractivity contribution in [2.75, 3.05) is 0 Å². The predicted octanol–water partition coefficient (Wildman–Crippen LogP) is 4.32. The van der Waals surface area contributed by atoms with Crippen molar-refractivity contribution in [2.45, 2.75) is 45.4 Å². The number of carbonyl (C=O) groups is 1. The first-order valence-corrected chi connectivity index (χ1v) is 7.07. The Kier molecular flexibility index (Phi) is 4.74. The molecule has 0 aliphatic heterocycles. The lowest BCUT2D eigenvalue weighted by atomic mass is 9.96. The van der Waals surface area contributed by atoms with Gasteiger partial charge in [-0.05, 0) is 37.3 Å².